The molecule has 0 spiro atoms. The summed E-state index contributed by atoms with van der Waals surface area (Å²) < 4.78 is 8.60. The molecule has 9 heteroatoms. The zero-order valence-corrected chi connectivity index (χ0v) is 14.3. The molecule has 5 rings (SSSR count). The number of H-pyrrole nitrogens is 1. The minimum absolute atomic E-state index is 0.0530. The molecule has 0 aliphatic carbocycles. The van der Waals surface area contributed by atoms with Gasteiger partial charge in [0.25, 0.3) is 11.1 Å². The van der Waals surface area contributed by atoms with Crippen molar-refractivity contribution in [3.8, 4) is 5.95 Å². The van der Waals surface area contributed by atoms with E-state index in [-0.39, 0.29) is 17.2 Å². The summed E-state index contributed by atoms with van der Waals surface area (Å²) in [7, 11) is 0. The normalized spacial score (nSPS) is 17.1. The van der Waals surface area contributed by atoms with Crippen molar-refractivity contribution >= 4 is 21.8 Å². The molecule has 5 heterocycles. The molecule has 1 fully saturated rings. The zero-order chi connectivity index (χ0) is 18.4. The van der Waals surface area contributed by atoms with Crippen molar-refractivity contribution in [2.45, 2.75) is 25.5 Å². The number of aromatic nitrogens is 6. The lowest BCUT2D eigenvalue weighted by molar-refractivity contribution is 0.0963. The molecule has 0 bridgehead atoms. The number of hydrogen-bond acceptors (Lipinski definition) is 6. The van der Waals surface area contributed by atoms with Crippen LogP contribution >= 0.6 is 0 Å². The van der Waals surface area contributed by atoms with E-state index in [1.165, 1.54) is 10.9 Å². The first kappa shape index (κ1) is 15.9. The van der Waals surface area contributed by atoms with Gasteiger partial charge in [0.05, 0.1) is 34.5 Å². The minimum atomic E-state index is -0.312. The molecule has 9 nitrogen and oxygen atoms in total. The SMILES string of the molecule is O=c1c2cc3c(=O)n(-c4ncn[nH]4)ccc3nc2ccn1C[C@H]1CCCO1. The van der Waals surface area contributed by atoms with E-state index >= 15 is 0 Å². The van der Waals surface area contributed by atoms with Gasteiger partial charge in [-0.1, -0.05) is 0 Å². The summed E-state index contributed by atoms with van der Waals surface area (Å²) >= 11 is 0. The van der Waals surface area contributed by atoms with E-state index in [1.807, 2.05) is 0 Å². The maximum Gasteiger partial charge on any atom is 0.266 e. The molecule has 1 aliphatic rings. The molecule has 0 aromatic carbocycles. The molecule has 0 amide bonds. The van der Waals surface area contributed by atoms with Crippen LogP contribution in [0.2, 0.25) is 0 Å². The topological polar surface area (TPSA) is 108 Å². The number of ether oxygens (including phenoxy) is 1. The summed E-state index contributed by atoms with van der Waals surface area (Å²) in [5.41, 5.74) is 0.604. The van der Waals surface area contributed by atoms with Crippen molar-refractivity contribution in [1.82, 2.24) is 29.3 Å². The fraction of sp³-hybridized carbons (Fsp3) is 0.278. The van der Waals surface area contributed by atoms with E-state index in [0.717, 1.165) is 19.4 Å². The number of fused-ring (bicyclic) bond motifs is 2. The monoisotopic (exact) mass is 364 g/mol. The number of aromatic amines is 1. The molecule has 1 aliphatic heterocycles. The van der Waals surface area contributed by atoms with E-state index in [9.17, 15) is 9.59 Å². The standard InChI is InChI=1S/C18H16N6O3/c25-16-12-8-13-15(4-6-24(17(13)26)18-19-10-20-22-18)21-14(12)3-5-23(16)9-11-2-1-7-27-11/h3-6,8,10-11H,1-2,7,9H2,(H,19,20,22)/t11-/m1/s1. The number of nitrogens with zero attached hydrogens (tertiary/aromatic N) is 5. The second-order valence-electron chi connectivity index (χ2n) is 6.56. The van der Waals surface area contributed by atoms with E-state index in [2.05, 4.69) is 20.2 Å². The van der Waals surface area contributed by atoms with Gasteiger partial charge in [0.1, 0.15) is 6.33 Å². The molecule has 4 aromatic heterocycles. The van der Waals surface area contributed by atoms with E-state index < -0.39 is 0 Å². The molecule has 1 N–H and O–H groups in total. The van der Waals surface area contributed by atoms with Crippen LogP contribution in [0.25, 0.3) is 27.8 Å². The van der Waals surface area contributed by atoms with Gasteiger partial charge in [-0.05, 0) is 31.0 Å². The van der Waals surface area contributed by atoms with E-state index in [4.69, 9.17) is 4.74 Å². The van der Waals surface area contributed by atoms with Gasteiger partial charge in [-0.2, -0.15) is 10.1 Å². The molecule has 0 saturated carbocycles. The molecule has 1 atom stereocenters. The Morgan fingerprint density at radius 2 is 1.96 bits per heavy atom. The smallest absolute Gasteiger partial charge is 0.266 e. The van der Waals surface area contributed by atoms with E-state index in [0.29, 0.717) is 34.3 Å². The molecule has 0 radical (unpaired) electrons. The summed E-state index contributed by atoms with van der Waals surface area (Å²) in [6, 6.07) is 5.13. The highest BCUT2D eigenvalue weighted by atomic mass is 16.5. The van der Waals surface area contributed by atoms with Gasteiger partial charge in [0, 0.05) is 19.0 Å². The number of nitrogens with one attached hydrogen (secondary N) is 1. The van der Waals surface area contributed by atoms with Crippen molar-refractivity contribution < 1.29 is 4.74 Å². The van der Waals surface area contributed by atoms with Crippen LogP contribution in [0.5, 0.6) is 0 Å². The molecular formula is C18H16N6O3. The minimum Gasteiger partial charge on any atom is -0.376 e. The van der Waals surface area contributed by atoms with Crippen molar-refractivity contribution in [1.29, 1.82) is 0 Å². The van der Waals surface area contributed by atoms with Gasteiger partial charge in [-0.15, -0.1) is 0 Å². The highest BCUT2D eigenvalue weighted by Crippen LogP contribution is 2.17. The maximum atomic E-state index is 12.9. The predicted octanol–water partition coefficient (Wildman–Crippen LogP) is 0.998. The Bertz CT molecular complexity index is 1250. The fourth-order valence-electron chi connectivity index (χ4n) is 3.50. The Balaban J connectivity index is 1.69. The van der Waals surface area contributed by atoms with Crippen LogP contribution < -0.4 is 11.1 Å². The number of hydrogen-bond donors (Lipinski definition) is 1. The van der Waals surface area contributed by atoms with Crippen LogP contribution in [0.3, 0.4) is 0 Å². The van der Waals surface area contributed by atoms with Crippen LogP contribution in [0, 0.1) is 0 Å². The Morgan fingerprint density at radius 3 is 2.70 bits per heavy atom. The summed E-state index contributed by atoms with van der Waals surface area (Å²) in [4.78, 5) is 34.3. The molecule has 0 unspecified atom stereocenters. The number of rotatable bonds is 3. The Kier molecular flexibility index (Phi) is 3.61. The van der Waals surface area contributed by atoms with Gasteiger partial charge in [0.2, 0.25) is 5.95 Å². The van der Waals surface area contributed by atoms with Gasteiger partial charge >= 0.3 is 0 Å². The Hall–Kier alpha value is -3.33. The average molecular weight is 364 g/mol. The van der Waals surface area contributed by atoms with Gasteiger partial charge < -0.3 is 9.30 Å². The maximum absolute atomic E-state index is 12.9. The van der Waals surface area contributed by atoms with Crippen molar-refractivity contribution in [2.75, 3.05) is 6.61 Å². The van der Waals surface area contributed by atoms with Gasteiger partial charge in [-0.25, -0.2) is 10.1 Å². The van der Waals surface area contributed by atoms with E-state index in [1.54, 1.807) is 35.2 Å². The largest absolute Gasteiger partial charge is 0.376 e. The van der Waals surface area contributed by atoms with Crippen molar-refractivity contribution in [3.05, 3.63) is 57.6 Å². The van der Waals surface area contributed by atoms with Crippen LogP contribution in [0.4, 0.5) is 0 Å². The van der Waals surface area contributed by atoms with Crippen molar-refractivity contribution in [2.24, 2.45) is 0 Å². The molecule has 136 valence electrons. The quantitative estimate of drug-likeness (QED) is 0.543. The molecule has 1 saturated heterocycles. The number of pyridine rings is 3. The lowest BCUT2D eigenvalue weighted by atomic mass is 10.2. The summed E-state index contributed by atoms with van der Waals surface area (Å²) in [5.74, 6) is 0.311. The lowest BCUT2D eigenvalue weighted by Crippen LogP contribution is -2.26. The predicted molar refractivity (Wildman–Crippen MR) is 98.0 cm³/mol. The molecule has 4 aromatic rings. The van der Waals surface area contributed by atoms with Gasteiger partial charge in [0.15, 0.2) is 0 Å². The third-order valence-corrected chi connectivity index (χ3v) is 4.87. The summed E-state index contributed by atoms with van der Waals surface area (Å²) in [6.45, 7) is 1.24. The molecule has 27 heavy (non-hydrogen) atoms. The lowest BCUT2D eigenvalue weighted by Gasteiger charge is -2.12. The Labute approximate surface area is 152 Å². The van der Waals surface area contributed by atoms with Crippen LogP contribution in [0.1, 0.15) is 12.8 Å². The summed E-state index contributed by atoms with van der Waals surface area (Å²) in [6.07, 6.45) is 6.66. The zero-order valence-electron chi connectivity index (χ0n) is 14.3. The third-order valence-electron chi connectivity index (χ3n) is 4.87. The highest BCUT2D eigenvalue weighted by Gasteiger charge is 2.17. The van der Waals surface area contributed by atoms with Crippen LogP contribution in [-0.2, 0) is 11.3 Å². The highest BCUT2D eigenvalue weighted by molar-refractivity contribution is 5.91. The van der Waals surface area contributed by atoms with Crippen molar-refractivity contribution in [3.63, 3.8) is 0 Å². The Morgan fingerprint density at radius 1 is 1.15 bits per heavy atom. The fourth-order valence-corrected chi connectivity index (χ4v) is 3.50. The van der Waals surface area contributed by atoms with Gasteiger partial charge in [-0.3, -0.25) is 14.2 Å². The first-order chi connectivity index (χ1) is 13.2. The van der Waals surface area contributed by atoms with Crippen LogP contribution in [-0.4, -0.2) is 42.0 Å². The second-order valence-corrected chi connectivity index (χ2v) is 6.56. The molecular weight excluding hydrogens is 348 g/mol. The first-order valence-electron chi connectivity index (χ1n) is 8.73. The average Bonchev–Trinajstić information content (AvgIpc) is 3.38. The second kappa shape index (κ2) is 6.13. The third kappa shape index (κ3) is 2.63. The van der Waals surface area contributed by atoms with Crippen LogP contribution in [0.15, 0.2) is 46.5 Å². The first-order valence-corrected chi connectivity index (χ1v) is 8.73. The summed E-state index contributed by atoms with van der Waals surface area (Å²) in [5, 5.41) is 7.19.